The van der Waals surface area contributed by atoms with Gasteiger partial charge >= 0.3 is 0 Å². The highest BCUT2D eigenvalue weighted by Gasteiger charge is 2.51. The molecule has 1 spiro atoms. The molecule has 1 atom stereocenters. The van der Waals surface area contributed by atoms with Crippen molar-refractivity contribution in [3.8, 4) is 22.5 Å². The van der Waals surface area contributed by atoms with Gasteiger partial charge in [0.2, 0.25) is 0 Å². The van der Waals surface area contributed by atoms with E-state index >= 15 is 0 Å². The van der Waals surface area contributed by atoms with E-state index in [1.54, 1.807) is 0 Å². The van der Waals surface area contributed by atoms with Crippen LogP contribution in [0.5, 0.6) is 0 Å². The average Bonchev–Trinajstić information content (AvgIpc) is 3.88. The topological polar surface area (TPSA) is 9.86 Å². The summed E-state index contributed by atoms with van der Waals surface area (Å²) in [5.41, 5.74) is 14.6. The number of hydrogen-bond acceptors (Lipinski definition) is 1. The molecule has 1 aliphatic heterocycles. The summed E-state index contributed by atoms with van der Waals surface area (Å²) in [6, 6.07) is 72.7. The van der Waals surface area contributed by atoms with E-state index in [9.17, 15) is 0 Å². The Balaban J connectivity index is 1.18. The highest BCUT2D eigenvalue weighted by Crippen LogP contribution is 2.64. The molecule has 13 rings (SSSR count). The van der Waals surface area contributed by atoms with Crippen LogP contribution in [0, 0.1) is 0 Å². The summed E-state index contributed by atoms with van der Waals surface area (Å²) in [5.74, 6) is 0. The van der Waals surface area contributed by atoms with Gasteiger partial charge in [0, 0.05) is 42.7 Å². The lowest BCUT2D eigenvalue weighted by atomic mass is 9.66. The maximum atomic E-state index is 2.52. The standard InChI is InChI=1S/C53H32N2S/c1-2-14-36-33(13-1)25-30-51-52(36)53(44-19-7-12-24-50(44)56-51)43-29-27-34(54-46-20-8-3-15-38(46)39-16-4-9-21-47(39)54)31-42(43)37-28-26-35(32-45(37)53)55-48-22-10-5-17-40(48)41-18-6-11-23-49(41)55/h1-32H. The molecule has 0 amide bonds. The number of hydrogen-bond donors (Lipinski definition) is 0. The van der Waals surface area contributed by atoms with Gasteiger partial charge in [-0.25, -0.2) is 0 Å². The molecule has 0 saturated heterocycles. The molecule has 1 aliphatic carbocycles. The van der Waals surface area contributed by atoms with Crippen molar-refractivity contribution < 1.29 is 0 Å². The van der Waals surface area contributed by atoms with Crippen molar-refractivity contribution in [1.82, 2.24) is 9.13 Å². The van der Waals surface area contributed by atoms with Crippen LogP contribution in [0.4, 0.5) is 0 Å². The number of benzene rings is 9. The molecule has 0 bridgehead atoms. The van der Waals surface area contributed by atoms with Crippen LogP contribution >= 0.6 is 11.8 Å². The van der Waals surface area contributed by atoms with Gasteiger partial charge in [-0.2, -0.15) is 0 Å². The molecule has 2 aliphatic rings. The quantitative estimate of drug-likeness (QED) is 0.172. The molecule has 3 heterocycles. The Kier molecular flexibility index (Phi) is 6.06. The minimum Gasteiger partial charge on any atom is -0.309 e. The summed E-state index contributed by atoms with van der Waals surface area (Å²) in [7, 11) is 0. The molecule has 0 fully saturated rings. The van der Waals surface area contributed by atoms with Gasteiger partial charge < -0.3 is 9.13 Å². The molecule has 2 aromatic heterocycles. The van der Waals surface area contributed by atoms with E-state index in [1.807, 2.05) is 11.8 Å². The van der Waals surface area contributed by atoms with Crippen molar-refractivity contribution in [1.29, 1.82) is 0 Å². The molecule has 3 heteroatoms. The Morgan fingerprint density at radius 3 is 1.50 bits per heavy atom. The third-order valence-electron chi connectivity index (χ3n) is 12.6. The smallest absolute Gasteiger partial charge is 0.0742 e. The van der Waals surface area contributed by atoms with Crippen molar-refractivity contribution in [3.05, 3.63) is 216 Å². The van der Waals surface area contributed by atoms with E-state index in [4.69, 9.17) is 0 Å². The van der Waals surface area contributed by atoms with Gasteiger partial charge in [0.05, 0.1) is 27.5 Å². The normalized spacial score (nSPS) is 15.5. The lowest BCUT2D eigenvalue weighted by Gasteiger charge is -2.40. The summed E-state index contributed by atoms with van der Waals surface area (Å²) >= 11 is 1.91. The van der Waals surface area contributed by atoms with E-state index in [0.29, 0.717) is 0 Å². The van der Waals surface area contributed by atoms with E-state index in [1.165, 1.54) is 109 Å². The van der Waals surface area contributed by atoms with Crippen molar-refractivity contribution in [2.75, 3.05) is 0 Å². The number of para-hydroxylation sites is 4. The van der Waals surface area contributed by atoms with Gasteiger partial charge in [-0.15, -0.1) is 0 Å². The number of nitrogens with zero attached hydrogens (tertiary/aromatic N) is 2. The molecule has 9 aromatic carbocycles. The van der Waals surface area contributed by atoms with Crippen molar-refractivity contribution in [2.45, 2.75) is 15.2 Å². The van der Waals surface area contributed by atoms with Crippen molar-refractivity contribution >= 4 is 66.1 Å². The Morgan fingerprint density at radius 2 is 0.857 bits per heavy atom. The van der Waals surface area contributed by atoms with Gasteiger partial charge in [0.1, 0.15) is 0 Å². The molecule has 11 aromatic rings. The molecule has 260 valence electrons. The Labute approximate surface area is 327 Å². The highest BCUT2D eigenvalue weighted by atomic mass is 32.2. The molecule has 56 heavy (non-hydrogen) atoms. The first-order chi connectivity index (χ1) is 27.8. The van der Waals surface area contributed by atoms with E-state index in [0.717, 1.165) is 0 Å². The SMILES string of the molecule is c1ccc2c(c1)Sc1ccc3ccccc3c1C21c2ccc(-n3c4ccccc4c4ccccc43)cc2-c2ccc(-n3c4ccccc4c4ccccc43)cc21. The molecule has 2 nitrogen and oxygen atoms in total. The van der Waals surface area contributed by atoms with Gasteiger partial charge in [-0.05, 0) is 105 Å². The maximum Gasteiger partial charge on any atom is 0.0742 e. The van der Waals surface area contributed by atoms with Crippen LogP contribution in [-0.4, -0.2) is 9.13 Å². The maximum absolute atomic E-state index is 2.52. The van der Waals surface area contributed by atoms with Crippen LogP contribution < -0.4 is 0 Å². The fourth-order valence-electron chi connectivity index (χ4n) is 10.4. The third kappa shape index (κ3) is 3.83. The van der Waals surface area contributed by atoms with E-state index in [-0.39, 0.29) is 0 Å². The molecular weight excluding hydrogens is 697 g/mol. The summed E-state index contributed by atoms with van der Waals surface area (Å²) in [6.45, 7) is 0. The van der Waals surface area contributed by atoms with Crippen molar-refractivity contribution in [2.24, 2.45) is 0 Å². The summed E-state index contributed by atoms with van der Waals surface area (Å²) in [6.07, 6.45) is 0. The fourth-order valence-corrected chi connectivity index (χ4v) is 11.6. The average molecular weight is 729 g/mol. The second-order valence-electron chi connectivity index (χ2n) is 15.2. The van der Waals surface area contributed by atoms with Crippen LogP contribution in [0.25, 0.3) is 76.9 Å². The van der Waals surface area contributed by atoms with Crippen LogP contribution in [0.1, 0.15) is 22.3 Å². The zero-order valence-electron chi connectivity index (χ0n) is 30.3. The Bertz CT molecular complexity index is 3370. The fraction of sp³-hybridized carbons (Fsp3) is 0.0189. The third-order valence-corrected chi connectivity index (χ3v) is 13.7. The predicted octanol–water partition coefficient (Wildman–Crippen LogP) is 13.9. The molecular formula is C53H32N2S. The van der Waals surface area contributed by atoms with Gasteiger partial charge in [0.25, 0.3) is 0 Å². The van der Waals surface area contributed by atoms with Crippen LogP contribution in [0.15, 0.2) is 204 Å². The first-order valence-corrected chi connectivity index (χ1v) is 20.2. The lowest BCUT2D eigenvalue weighted by Crippen LogP contribution is -2.32. The molecule has 0 radical (unpaired) electrons. The highest BCUT2D eigenvalue weighted by molar-refractivity contribution is 7.99. The summed E-state index contributed by atoms with van der Waals surface area (Å²) in [4.78, 5) is 2.62. The van der Waals surface area contributed by atoms with E-state index < -0.39 is 5.41 Å². The minimum absolute atomic E-state index is 0.545. The monoisotopic (exact) mass is 728 g/mol. The van der Waals surface area contributed by atoms with Crippen LogP contribution in [0.2, 0.25) is 0 Å². The summed E-state index contributed by atoms with van der Waals surface area (Å²) in [5, 5.41) is 7.66. The predicted molar refractivity (Wildman–Crippen MR) is 234 cm³/mol. The first kappa shape index (κ1) is 30.5. The first-order valence-electron chi connectivity index (χ1n) is 19.4. The Morgan fingerprint density at radius 1 is 0.339 bits per heavy atom. The molecule has 0 N–H and O–H groups in total. The van der Waals surface area contributed by atoms with Gasteiger partial charge in [0.15, 0.2) is 0 Å². The van der Waals surface area contributed by atoms with Crippen LogP contribution in [-0.2, 0) is 5.41 Å². The largest absolute Gasteiger partial charge is 0.309 e. The zero-order valence-corrected chi connectivity index (χ0v) is 31.1. The minimum atomic E-state index is -0.545. The zero-order chi connectivity index (χ0) is 36.5. The molecule has 1 unspecified atom stereocenters. The number of fused-ring (bicyclic) bond motifs is 17. The Hall–Kier alpha value is -6.81. The molecule has 0 saturated carbocycles. The van der Waals surface area contributed by atoms with Crippen molar-refractivity contribution in [3.63, 3.8) is 0 Å². The van der Waals surface area contributed by atoms with Gasteiger partial charge in [-0.3, -0.25) is 0 Å². The second kappa shape index (κ2) is 11.1. The van der Waals surface area contributed by atoms with E-state index in [2.05, 4.69) is 203 Å². The second-order valence-corrected chi connectivity index (χ2v) is 16.3. The van der Waals surface area contributed by atoms with Crippen LogP contribution in [0.3, 0.4) is 0 Å². The number of rotatable bonds is 2. The van der Waals surface area contributed by atoms with Gasteiger partial charge in [-0.1, -0.05) is 145 Å². The number of aromatic nitrogens is 2. The summed E-state index contributed by atoms with van der Waals surface area (Å²) < 4.78 is 4.93. The lowest BCUT2D eigenvalue weighted by molar-refractivity contribution is 0.730.